The topological polar surface area (TPSA) is 124 Å². The number of para-hydroxylation sites is 1. The molecule has 5 aromatic rings. The molecule has 8 rings (SSSR count). The Morgan fingerprint density at radius 1 is 0.882 bits per heavy atom. The Bertz CT molecular complexity index is 2190. The Morgan fingerprint density at radius 2 is 1.57 bits per heavy atom. The number of nitrogens with zero attached hydrogens (tertiary/aromatic N) is 1. The number of methoxy groups -OCH3 is 3. The second-order valence-corrected chi connectivity index (χ2v) is 13.1. The molecule has 0 saturated carbocycles. The lowest BCUT2D eigenvalue weighted by Crippen LogP contribution is -2.44. The van der Waals surface area contributed by atoms with Gasteiger partial charge >= 0.3 is 5.97 Å². The molecule has 51 heavy (non-hydrogen) atoms. The minimum Gasteiger partial charge on any atom is -0.493 e. The van der Waals surface area contributed by atoms with Crippen LogP contribution in [0.1, 0.15) is 44.6 Å². The first-order valence-electron chi connectivity index (χ1n) is 16.4. The Morgan fingerprint density at radius 3 is 2.25 bits per heavy atom. The van der Waals surface area contributed by atoms with E-state index >= 15 is 0 Å². The zero-order valence-electron chi connectivity index (χ0n) is 27.9. The minimum absolute atomic E-state index is 0.0254. The maximum absolute atomic E-state index is 14.1. The van der Waals surface area contributed by atoms with Crippen molar-refractivity contribution < 1.29 is 42.8 Å². The number of carbonyl (C=O) groups is 3. The van der Waals surface area contributed by atoms with Gasteiger partial charge in [0.25, 0.3) is 11.7 Å². The standard InChI is InChI=1S/C39H33ClN2O9/c1-46-31-12-21(13-32(47-2)37(31)48-3)33-24-14-29-30(51-19-50-29)15-25(24)35(27-18-49-39(45)34(27)33)41-38(44)36(43)26-17-42(28-7-5-4-6-23(26)28)16-20-8-10-22(40)11-9-20/h4-15,17,27,33-35H,16,18-19H2,1-3H3,(H,41,44)/t27-,33+,34-,35+/m0/s1. The Kier molecular flexibility index (Phi) is 8.22. The smallest absolute Gasteiger partial charge is 0.310 e. The molecule has 0 unspecified atom stereocenters. The molecule has 3 aliphatic rings. The Balaban J connectivity index is 1.19. The third-order valence-corrected chi connectivity index (χ3v) is 10.3. The van der Waals surface area contributed by atoms with Crippen molar-refractivity contribution >= 4 is 40.2 Å². The predicted molar refractivity (Wildman–Crippen MR) is 186 cm³/mol. The summed E-state index contributed by atoms with van der Waals surface area (Å²) in [6.45, 7) is 0.538. The lowest BCUT2D eigenvalue weighted by molar-refractivity contribution is -0.141. The van der Waals surface area contributed by atoms with Crippen molar-refractivity contribution in [2.45, 2.75) is 18.5 Å². The maximum Gasteiger partial charge on any atom is 0.310 e. The summed E-state index contributed by atoms with van der Waals surface area (Å²) < 4.78 is 36.0. The molecule has 2 aliphatic heterocycles. The molecule has 0 radical (unpaired) electrons. The number of benzene rings is 4. The van der Waals surface area contributed by atoms with Crippen LogP contribution >= 0.6 is 11.6 Å². The highest BCUT2D eigenvalue weighted by molar-refractivity contribution is 6.45. The van der Waals surface area contributed by atoms with Crippen LogP contribution in [-0.2, 0) is 20.9 Å². The largest absolute Gasteiger partial charge is 0.493 e. The fraction of sp³-hybridized carbons (Fsp3) is 0.256. The van der Waals surface area contributed by atoms with Crippen LogP contribution in [0.3, 0.4) is 0 Å². The third kappa shape index (κ3) is 5.48. The van der Waals surface area contributed by atoms with Crippen molar-refractivity contribution in [1.82, 2.24) is 9.88 Å². The number of Topliss-reactive ketones (excluding diaryl/α,β-unsaturated/α-hetero) is 1. The van der Waals surface area contributed by atoms with Crippen LogP contribution in [0.4, 0.5) is 0 Å². The fourth-order valence-corrected chi connectivity index (χ4v) is 7.83. The number of fused-ring (bicyclic) bond motifs is 4. The predicted octanol–water partition coefficient (Wildman–Crippen LogP) is 6.07. The number of aromatic nitrogens is 1. The van der Waals surface area contributed by atoms with E-state index in [0.717, 1.165) is 11.1 Å². The summed E-state index contributed by atoms with van der Waals surface area (Å²) in [5.74, 6) is -1.44. The van der Waals surface area contributed by atoms with Gasteiger partial charge in [-0.1, -0.05) is 41.9 Å². The van der Waals surface area contributed by atoms with E-state index in [1.54, 1.807) is 6.20 Å². The highest BCUT2D eigenvalue weighted by Crippen LogP contribution is 2.55. The summed E-state index contributed by atoms with van der Waals surface area (Å²) in [5.41, 5.74) is 4.18. The van der Waals surface area contributed by atoms with Gasteiger partial charge in [-0.25, -0.2) is 0 Å². The van der Waals surface area contributed by atoms with Crippen LogP contribution in [-0.4, -0.2) is 57.0 Å². The number of ether oxygens (including phenoxy) is 6. The monoisotopic (exact) mass is 708 g/mol. The number of amides is 1. The number of hydrogen-bond acceptors (Lipinski definition) is 9. The maximum atomic E-state index is 14.1. The number of halogens is 1. The van der Waals surface area contributed by atoms with E-state index in [1.807, 2.05) is 77.4 Å². The highest BCUT2D eigenvalue weighted by Gasteiger charge is 2.53. The van der Waals surface area contributed by atoms with Gasteiger partial charge in [0.1, 0.15) is 0 Å². The van der Waals surface area contributed by atoms with Gasteiger partial charge in [-0.3, -0.25) is 14.4 Å². The summed E-state index contributed by atoms with van der Waals surface area (Å²) in [7, 11) is 4.57. The molecule has 1 amide bonds. The zero-order valence-corrected chi connectivity index (χ0v) is 28.7. The average molecular weight is 709 g/mol. The van der Waals surface area contributed by atoms with Crippen molar-refractivity contribution in [3.8, 4) is 28.7 Å². The fourth-order valence-electron chi connectivity index (χ4n) is 7.70. The van der Waals surface area contributed by atoms with Crippen molar-refractivity contribution in [2.75, 3.05) is 34.7 Å². The van der Waals surface area contributed by atoms with Gasteiger partial charge in [0.2, 0.25) is 12.5 Å². The van der Waals surface area contributed by atoms with Crippen LogP contribution < -0.4 is 29.0 Å². The molecular weight excluding hydrogens is 676 g/mol. The number of ketones is 1. The normalized spacial score (nSPS) is 20.0. The summed E-state index contributed by atoms with van der Waals surface area (Å²) in [6.07, 6.45) is 1.71. The van der Waals surface area contributed by atoms with E-state index in [0.29, 0.717) is 62.4 Å². The summed E-state index contributed by atoms with van der Waals surface area (Å²) in [5, 5.41) is 4.29. The van der Waals surface area contributed by atoms with Crippen LogP contribution in [0.15, 0.2) is 79.0 Å². The quantitative estimate of drug-likeness (QED) is 0.110. The number of rotatable bonds is 9. The van der Waals surface area contributed by atoms with Crippen LogP contribution in [0.2, 0.25) is 5.02 Å². The lowest BCUT2D eigenvalue weighted by Gasteiger charge is -2.39. The number of cyclic esters (lactones) is 1. The van der Waals surface area contributed by atoms with E-state index in [2.05, 4.69) is 5.32 Å². The summed E-state index contributed by atoms with van der Waals surface area (Å²) in [4.78, 5) is 41.7. The van der Waals surface area contributed by atoms with Crippen molar-refractivity contribution in [3.63, 3.8) is 0 Å². The summed E-state index contributed by atoms with van der Waals surface area (Å²) >= 11 is 6.10. The molecule has 1 aliphatic carbocycles. The molecule has 1 fully saturated rings. The van der Waals surface area contributed by atoms with Gasteiger partial charge in [0.15, 0.2) is 23.0 Å². The van der Waals surface area contributed by atoms with Gasteiger partial charge in [-0.15, -0.1) is 0 Å². The molecule has 11 nitrogen and oxygen atoms in total. The molecule has 1 aromatic heterocycles. The van der Waals surface area contributed by atoms with Crippen molar-refractivity contribution in [2.24, 2.45) is 11.8 Å². The van der Waals surface area contributed by atoms with Gasteiger partial charge in [-0.2, -0.15) is 0 Å². The average Bonchev–Trinajstić information content (AvgIpc) is 3.88. The first-order valence-corrected chi connectivity index (χ1v) is 16.7. The lowest BCUT2D eigenvalue weighted by atomic mass is 9.65. The van der Waals surface area contributed by atoms with Crippen LogP contribution in [0.5, 0.6) is 28.7 Å². The number of hydrogen-bond donors (Lipinski definition) is 1. The molecule has 12 heteroatoms. The van der Waals surface area contributed by atoms with E-state index in [-0.39, 0.29) is 19.0 Å². The first kappa shape index (κ1) is 32.5. The van der Waals surface area contributed by atoms with Crippen LogP contribution in [0, 0.1) is 11.8 Å². The molecule has 1 saturated heterocycles. The molecule has 4 atom stereocenters. The SMILES string of the molecule is COc1cc([C@@H]2c3cc4c(cc3[C@@H](NC(=O)C(=O)c3cn(Cc5ccc(Cl)cc5)c5ccccc35)[C@H]3COC(=O)[C@H]23)OCO4)cc(OC)c1OC. The van der Waals surface area contributed by atoms with E-state index in [1.165, 1.54) is 21.3 Å². The van der Waals surface area contributed by atoms with Crippen LogP contribution in [0.25, 0.3) is 10.9 Å². The van der Waals surface area contributed by atoms with E-state index in [4.69, 9.17) is 40.0 Å². The molecular formula is C39H33ClN2O9. The van der Waals surface area contributed by atoms with E-state index < -0.39 is 41.5 Å². The van der Waals surface area contributed by atoms with Gasteiger partial charge in [0.05, 0.1) is 45.5 Å². The second-order valence-electron chi connectivity index (χ2n) is 12.7. The van der Waals surface area contributed by atoms with Gasteiger partial charge in [0, 0.05) is 40.5 Å². The Labute approximate surface area is 297 Å². The second kappa shape index (κ2) is 12.9. The number of esters is 1. The molecule has 260 valence electrons. The van der Waals surface area contributed by atoms with E-state index in [9.17, 15) is 14.4 Å². The molecule has 0 spiro atoms. The number of carbonyl (C=O) groups excluding carboxylic acids is 3. The minimum atomic E-state index is -0.803. The molecule has 0 bridgehead atoms. The Hall–Kier alpha value is -5.68. The molecule has 3 heterocycles. The third-order valence-electron chi connectivity index (χ3n) is 10.0. The highest BCUT2D eigenvalue weighted by atomic mass is 35.5. The van der Waals surface area contributed by atoms with Crippen molar-refractivity contribution in [3.05, 3.63) is 112 Å². The molecule has 1 N–H and O–H groups in total. The first-order chi connectivity index (χ1) is 24.8. The summed E-state index contributed by atoms with van der Waals surface area (Å²) in [6, 6.07) is 21.4. The van der Waals surface area contributed by atoms with Crippen molar-refractivity contribution in [1.29, 1.82) is 0 Å². The zero-order chi connectivity index (χ0) is 35.4. The van der Waals surface area contributed by atoms with Gasteiger partial charge < -0.3 is 38.3 Å². The number of nitrogens with one attached hydrogen (secondary N) is 1. The molecule has 4 aromatic carbocycles. The van der Waals surface area contributed by atoms with Gasteiger partial charge in [-0.05, 0) is 64.7 Å².